The highest BCUT2D eigenvalue weighted by Gasteiger charge is 2.04. The number of hydrogen-bond donors (Lipinski definition) is 0. The molecular weight excluding hydrogens is 308 g/mol. The summed E-state index contributed by atoms with van der Waals surface area (Å²) < 4.78 is 0. The third kappa shape index (κ3) is 6.39. The summed E-state index contributed by atoms with van der Waals surface area (Å²) >= 11 is 0. The average Bonchev–Trinajstić information content (AvgIpc) is 2.62. The van der Waals surface area contributed by atoms with E-state index in [1.165, 1.54) is 11.1 Å². The fourth-order valence-electron chi connectivity index (χ4n) is 2.86. The largest absolute Gasteiger partial charge is 0.302 e. The van der Waals surface area contributed by atoms with Gasteiger partial charge in [0.2, 0.25) is 0 Å². The van der Waals surface area contributed by atoms with Crippen molar-refractivity contribution in [2.75, 3.05) is 27.2 Å². The number of hydrogen-bond acceptors (Lipinski definition) is 3. The molecule has 2 rings (SSSR count). The first-order chi connectivity index (χ1) is 12.1. The van der Waals surface area contributed by atoms with Gasteiger partial charge in [0.05, 0.1) is 18.2 Å². The molecule has 0 bridgehead atoms. The van der Waals surface area contributed by atoms with Crippen molar-refractivity contribution in [3.63, 3.8) is 0 Å². The van der Waals surface area contributed by atoms with Gasteiger partial charge in [-0.25, -0.2) is 4.85 Å². The van der Waals surface area contributed by atoms with Gasteiger partial charge in [-0.1, -0.05) is 36.4 Å². The number of nitrogens with zero attached hydrogens (tertiary/aromatic N) is 4. The minimum absolute atomic E-state index is 0.699. The molecule has 0 fully saturated rings. The van der Waals surface area contributed by atoms with Crippen molar-refractivity contribution in [3.8, 4) is 6.07 Å². The molecule has 0 atom stereocenters. The monoisotopic (exact) mass is 332 g/mol. The van der Waals surface area contributed by atoms with Gasteiger partial charge in [0.1, 0.15) is 0 Å². The van der Waals surface area contributed by atoms with Gasteiger partial charge in [-0.3, -0.25) is 0 Å². The second-order valence-electron chi connectivity index (χ2n) is 6.42. The molecule has 0 aliphatic carbocycles. The van der Waals surface area contributed by atoms with Crippen molar-refractivity contribution in [3.05, 3.63) is 76.6 Å². The van der Waals surface area contributed by atoms with Crippen LogP contribution >= 0.6 is 0 Å². The smallest absolute Gasteiger partial charge is 0.187 e. The molecule has 25 heavy (non-hydrogen) atoms. The lowest BCUT2D eigenvalue weighted by molar-refractivity contribution is 0.270. The van der Waals surface area contributed by atoms with Gasteiger partial charge in [-0.15, -0.1) is 0 Å². The Balaban J connectivity index is 1.73. The lowest BCUT2D eigenvalue weighted by Gasteiger charge is -2.20. The van der Waals surface area contributed by atoms with Gasteiger partial charge < -0.3 is 9.80 Å². The van der Waals surface area contributed by atoms with Crippen LogP contribution in [0.1, 0.15) is 23.1 Å². The lowest BCUT2D eigenvalue weighted by Crippen LogP contribution is -2.25. The first-order valence-electron chi connectivity index (χ1n) is 8.43. The summed E-state index contributed by atoms with van der Waals surface area (Å²) in [5.41, 5.74) is 3.76. The number of nitriles is 1. The van der Waals surface area contributed by atoms with Crippen molar-refractivity contribution < 1.29 is 0 Å². The zero-order chi connectivity index (χ0) is 18.1. The summed E-state index contributed by atoms with van der Waals surface area (Å²) in [6.45, 7) is 10.8. The lowest BCUT2D eigenvalue weighted by atomic mass is 10.1. The first-order valence-corrected chi connectivity index (χ1v) is 8.43. The average molecular weight is 332 g/mol. The molecule has 0 spiro atoms. The molecule has 4 nitrogen and oxygen atoms in total. The van der Waals surface area contributed by atoms with Crippen LogP contribution in [-0.4, -0.2) is 37.0 Å². The van der Waals surface area contributed by atoms with Gasteiger partial charge in [0.25, 0.3) is 0 Å². The van der Waals surface area contributed by atoms with Crippen LogP contribution in [-0.2, 0) is 13.1 Å². The molecule has 0 unspecified atom stereocenters. The van der Waals surface area contributed by atoms with Crippen LogP contribution < -0.4 is 0 Å². The molecule has 0 aliphatic rings. The van der Waals surface area contributed by atoms with E-state index in [9.17, 15) is 0 Å². The summed E-state index contributed by atoms with van der Waals surface area (Å²) in [6.07, 6.45) is 1.08. The van der Waals surface area contributed by atoms with E-state index >= 15 is 0 Å². The maximum Gasteiger partial charge on any atom is 0.187 e. The maximum atomic E-state index is 8.97. The molecule has 0 amide bonds. The molecule has 0 radical (unpaired) electrons. The fraction of sp³-hybridized carbons (Fsp3) is 0.333. The van der Waals surface area contributed by atoms with E-state index in [1.807, 2.05) is 36.4 Å². The van der Waals surface area contributed by atoms with Crippen LogP contribution in [0.2, 0.25) is 0 Å². The van der Waals surface area contributed by atoms with Gasteiger partial charge in [-0.2, -0.15) is 5.26 Å². The van der Waals surface area contributed by atoms with Crippen LogP contribution in [0, 0.1) is 17.9 Å². The zero-order valence-electron chi connectivity index (χ0n) is 14.9. The standard InChI is InChI=1S/C21H24N4/c1-23-21-10-5-9-20(14-21)17-25(3)12-6-11-24(2)16-19-8-4-7-18(13-19)15-22/h4-5,7-10,13-14H,6,11-12,16-17H2,2-3H3. The van der Waals surface area contributed by atoms with Gasteiger partial charge in [0, 0.05) is 13.1 Å². The van der Waals surface area contributed by atoms with Crippen LogP contribution in [0.15, 0.2) is 48.5 Å². The summed E-state index contributed by atoms with van der Waals surface area (Å²) in [6, 6.07) is 17.8. The quantitative estimate of drug-likeness (QED) is 0.684. The Morgan fingerprint density at radius 2 is 1.56 bits per heavy atom. The van der Waals surface area contributed by atoms with Crippen LogP contribution in [0.25, 0.3) is 4.85 Å². The van der Waals surface area contributed by atoms with E-state index in [1.54, 1.807) is 0 Å². The number of rotatable bonds is 8. The van der Waals surface area contributed by atoms with E-state index in [0.29, 0.717) is 11.3 Å². The van der Waals surface area contributed by atoms with Gasteiger partial charge >= 0.3 is 0 Å². The molecule has 4 heteroatoms. The molecule has 2 aromatic rings. The predicted molar refractivity (Wildman–Crippen MR) is 101 cm³/mol. The Kier molecular flexibility index (Phi) is 7.16. The van der Waals surface area contributed by atoms with Crippen molar-refractivity contribution in [2.45, 2.75) is 19.5 Å². The summed E-state index contributed by atoms with van der Waals surface area (Å²) in [7, 11) is 4.22. The number of benzene rings is 2. The molecule has 0 heterocycles. The van der Waals surface area contributed by atoms with E-state index in [0.717, 1.165) is 32.6 Å². The zero-order valence-corrected chi connectivity index (χ0v) is 14.9. The summed E-state index contributed by atoms with van der Waals surface area (Å²) in [5.74, 6) is 0. The second kappa shape index (κ2) is 9.59. The molecule has 2 aromatic carbocycles. The van der Waals surface area contributed by atoms with E-state index in [2.05, 4.69) is 46.9 Å². The molecular formula is C21H24N4. The van der Waals surface area contributed by atoms with Gasteiger partial charge in [-0.05, 0) is 56.9 Å². The van der Waals surface area contributed by atoms with Crippen molar-refractivity contribution in [1.29, 1.82) is 5.26 Å². The first kappa shape index (κ1) is 18.7. The van der Waals surface area contributed by atoms with Crippen LogP contribution in [0.4, 0.5) is 5.69 Å². The SMILES string of the molecule is [C-]#[N+]c1cccc(CN(C)CCCN(C)Cc2cccc(C#N)c2)c1. The van der Waals surface area contributed by atoms with E-state index in [-0.39, 0.29) is 0 Å². The molecule has 0 saturated heterocycles. The Morgan fingerprint density at radius 3 is 2.16 bits per heavy atom. The fourth-order valence-corrected chi connectivity index (χ4v) is 2.86. The normalized spacial score (nSPS) is 10.6. The Bertz CT molecular complexity index is 704. The predicted octanol–water partition coefficient (Wildman–Crippen LogP) is 4.06. The third-order valence-corrected chi connectivity index (χ3v) is 4.08. The maximum absolute atomic E-state index is 8.97. The summed E-state index contributed by atoms with van der Waals surface area (Å²) in [4.78, 5) is 8.05. The topological polar surface area (TPSA) is 34.6 Å². The minimum Gasteiger partial charge on any atom is -0.302 e. The molecule has 0 saturated carbocycles. The minimum atomic E-state index is 0.699. The van der Waals surface area contributed by atoms with Gasteiger partial charge in [0.15, 0.2) is 5.69 Å². The highest BCUT2D eigenvalue weighted by molar-refractivity contribution is 5.46. The van der Waals surface area contributed by atoms with Crippen molar-refractivity contribution in [2.24, 2.45) is 0 Å². The molecule has 0 aliphatic heterocycles. The van der Waals surface area contributed by atoms with E-state index in [4.69, 9.17) is 11.8 Å². The highest BCUT2D eigenvalue weighted by atomic mass is 15.1. The highest BCUT2D eigenvalue weighted by Crippen LogP contribution is 2.15. The summed E-state index contributed by atoms with van der Waals surface area (Å²) in [5, 5.41) is 8.97. The molecule has 0 aromatic heterocycles. The Morgan fingerprint density at radius 1 is 0.960 bits per heavy atom. The Labute approximate surface area is 150 Å². The van der Waals surface area contributed by atoms with Crippen LogP contribution in [0.3, 0.4) is 0 Å². The Hall–Kier alpha value is -2.66. The second-order valence-corrected chi connectivity index (χ2v) is 6.42. The molecule has 128 valence electrons. The van der Waals surface area contributed by atoms with Crippen LogP contribution in [0.5, 0.6) is 0 Å². The van der Waals surface area contributed by atoms with E-state index < -0.39 is 0 Å². The van der Waals surface area contributed by atoms with Crippen molar-refractivity contribution >= 4 is 5.69 Å². The van der Waals surface area contributed by atoms with Crippen molar-refractivity contribution in [1.82, 2.24) is 9.80 Å². The molecule has 0 N–H and O–H groups in total. The third-order valence-electron chi connectivity index (χ3n) is 4.08.